The van der Waals surface area contributed by atoms with Crippen LogP contribution in [0.2, 0.25) is 0 Å². The van der Waals surface area contributed by atoms with Gasteiger partial charge in [0.05, 0.1) is 13.7 Å². The summed E-state index contributed by atoms with van der Waals surface area (Å²) >= 11 is 0. The van der Waals surface area contributed by atoms with E-state index in [-0.39, 0.29) is 5.82 Å². The van der Waals surface area contributed by atoms with Crippen LogP contribution in [0.25, 0.3) is 0 Å². The molecule has 2 aromatic rings. The van der Waals surface area contributed by atoms with Crippen LogP contribution in [0.5, 0.6) is 11.5 Å². The second-order valence-electron chi connectivity index (χ2n) is 6.06. The van der Waals surface area contributed by atoms with E-state index in [4.69, 9.17) is 9.47 Å². The highest BCUT2D eigenvalue weighted by Gasteiger charge is 2.06. The first-order chi connectivity index (χ1) is 13.2. The van der Waals surface area contributed by atoms with E-state index < -0.39 is 0 Å². The number of ether oxygens (including phenoxy) is 2. The Balaban J connectivity index is 1.83. The van der Waals surface area contributed by atoms with Crippen LogP contribution in [0, 0.1) is 5.82 Å². The molecule has 2 rings (SSSR count). The third-order valence-corrected chi connectivity index (χ3v) is 3.99. The van der Waals surface area contributed by atoms with Gasteiger partial charge in [-0.25, -0.2) is 4.39 Å². The van der Waals surface area contributed by atoms with Crippen molar-refractivity contribution in [2.45, 2.75) is 26.3 Å². The number of hydrogen-bond acceptors (Lipinski definition) is 3. The van der Waals surface area contributed by atoms with E-state index in [9.17, 15) is 4.39 Å². The lowest BCUT2D eigenvalue weighted by molar-refractivity contribution is 0.294. The standard InChI is InChI=1S/C21H28FN3O2/c1-4-13-27-19-10-7-17(14-20(19)26-3)15-25-21(23-2)24-12-11-16-5-8-18(22)9-6-16/h5-10,14H,4,11-13,15H2,1-3H3,(H2,23,24,25). The zero-order chi connectivity index (χ0) is 19.5. The second kappa shape index (κ2) is 11.1. The first-order valence-corrected chi connectivity index (χ1v) is 9.15. The fraction of sp³-hybridized carbons (Fsp3) is 0.381. The molecule has 27 heavy (non-hydrogen) atoms. The van der Waals surface area contributed by atoms with E-state index in [1.165, 1.54) is 12.1 Å². The average molecular weight is 373 g/mol. The number of guanidine groups is 1. The van der Waals surface area contributed by atoms with Crippen LogP contribution in [0.4, 0.5) is 4.39 Å². The Hall–Kier alpha value is -2.76. The highest BCUT2D eigenvalue weighted by molar-refractivity contribution is 5.79. The van der Waals surface area contributed by atoms with E-state index in [1.807, 2.05) is 18.2 Å². The van der Waals surface area contributed by atoms with Gasteiger partial charge in [-0.05, 0) is 48.2 Å². The van der Waals surface area contributed by atoms with Gasteiger partial charge in [-0.3, -0.25) is 4.99 Å². The molecule has 2 N–H and O–H groups in total. The fourth-order valence-electron chi connectivity index (χ4n) is 2.54. The van der Waals surface area contributed by atoms with Crippen molar-refractivity contribution in [2.24, 2.45) is 4.99 Å². The zero-order valence-corrected chi connectivity index (χ0v) is 16.2. The van der Waals surface area contributed by atoms with Gasteiger partial charge in [0.25, 0.3) is 0 Å². The molecular formula is C21H28FN3O2. The molecule has 0 atom stereocenters. The summed E-state index contributed by atoms with van der Waals surface area (Å²) in [5.74, 6) is 1.97. The summed E-state index contributed by atoms with van der Waals surface area (Å²) in [4.78, 5) is 4.23. The van der Waals surface area contributed by atoms with Gasteiger partial charge in [-0.2, -0.15) is 0 Å². The second-order valence-corrected chi connectivity index (χ2v) is 6.06. The number of rotatable bonds is 9. The topological polar surface area (TPSA) is 54.9 Å². The Kier molecular flexibility index (Phi) is 8.42. The van der Waals surface area contributed by atoms with Gasteiger partial charge in [0.15, 0.2) is 17.5 Å². The molecule has 0 aliphatic heterocycles. The molecule has 0 aliphatic carbocycles. The Morgan fingerprint density at radius 2 is 1.78 bits per heavy atom. The molecule has 0 amide bonds. The summed E-state index contributed by atoms with van der Waals surface area (Å²) in [5, 5.41) is 6.54. The lowest BCUT2D eigenvalue weighted by Gasteiger charge is -2.14. The van der Waals surface area contributed by atoms with Crippen molar-refractivity contribution in [3.05, 3.63) is 59.4 Å². The molecule has 0 unspecified atom stereocenters. The molecule has 0 aliphatic rings. The van der Waals surface area contributed by atoms with Crippen molar-refractivity contribution < 1.29 is 13.9 Å². The smallest absolute Gasteiger partial charge is 0.191 e. The molecule has 0 heterocycles. The average Bonchev–Trinajstić information content (AvgIpc) is 2.70. The van der Waals surface area contributed by atoms with Crippen LogP contribution in [0.1, 0.15) is 24.5 Å². The van der Waals surface area contributed by atoms with E-state index in [1.54, 1.807) is 26.3 Å². The molecular weight excluding hydrogens is 345 g/mol. The molecule has 0 saturated carbocycles. The Bertz CT molecular complexity index is 733. The summed E-state index contributed by atoms with van der Waals surface area (Å²) in [6, 6.07) is 12.4. The monoisotopic (exact) mass is 373 g/mol. The lowest BCUT2D eigenvalue weighted by Crippen LogP contribution is -2.37. The summed E-state index contributed by atoms with van der Waals surface area (Å²) < 4.78 is 24.0. The van der Waals surface area contributed by atoms with Crippen molar-refractivity contribution in [2.75, 3.05) is 27.3 Å². The molecule has 0 saturated heterocycles. The number of nitrogens with one attached hydrogen (secondary N) is 2. The molecule has 6 heteroatoms. The third-order valence-electron chi connectivity index (χ3n) is 3.99. The van der Waals surface area contributed by atoms with Crippen LogP contribution >= 0.6 is 0 Å². The minimum Gasteiger partial charge on any atom is -0.493 e. The van der Waals surface area contributed by atoms with Crippen LogP contribution in [-0.4, -0.2) is 33.3 Å². The SMILES string of the molecule is CCCOc1ccc(CNC(=NC)NCCc2ccc(F)cc2)cc1OC. The summed E-state index contributed by atoms with van der Waals surface area (Å²) in [5.41, 5.74) is 2.14. The maximum Gasteiger partial charge on any atom is 0.191 e. The largest absolute Gasteiger partial charge is 0.493 e. The van der Waals surface area contributed by atoms with Crippen LogP contribution in [0.3, 0.4) is 0 Å². The van der Waals surface area contributed by atoms with E-state index in [0.717, 1.165) is 35.5 Å². The van der Waals surface area contributed by atoms with Crippen LogP contribution < -0.4 is 20.1 Å². The minimum absolute atomic E-state index is 0.217. The highest BCUT2D eigenvalue weighted by Crippen LogP contribution is 2.28. The van der Waals surface area contributed by atoms with Gasteiger partial charge >= 0.3 is 0 Å². The predicted molar refractivity (Wildman–Crippen MR) is 107 cm³/mol. The van der Waals surface area contributed by atoms with Gasteiger partial charge in [0.1, 0.15) is 5.82 Å². The molecule has 0 aromatic heterocycles. The maximum atomic E-state index is 12.9. The zero-order valence-electron chi connectivity index (χ0n) is 16.2. The maximum absolute atomic E-state index is 12.9. The highest BCUT2D eigenvalue weighted by atomic mass is 19.1. The van der Waals surface area contributed by atoms with Crippen LogP contribution in [0.15, 0.2) is 47.5 Å². The lowest BCUT2D eigenvalue weighted by atomic mass is 10.1. The fourth-order valence-corrected chi connectivity index (χ4v) is 2.54. The van der Waals surface area contributed by atoms with Crippen molar-refractivity contribution in [1.82, 2.24) is 10.6 Å². The quantitative estimate of drug-likeness (QED) is 0.522. The number of halogens is 1. The van der Waals surface area contributed by atoms with Crippen molar-refractivity contribution >= 4 is 5.96 Å². The van der Waals surface area contributed by atoms with Crippen molar-refractivity contribution in [3.63, 3.8) is 0 Å². The van der Waals surface area contributed by atoms with Gasteiger partial charge in [-0.1, -0.05) is 25.1 Å². The first-order valence-electron chi connectivity index (χ1n) is 9.15. The van der Waals surface area contributed by atoms with Crippen molar-refractivity contribution in [3.8, 4) is 11.5 Å². The van der Waals surface area contributed by atoms with E-state index >= 15 is 0 Å². The Morgan fingerprint density at radius 3 is 2.44 bits per heavy atom. The van der Waals surface area contributed by atoms with Gasteiger partial charge in [0, 0.05) is 20.1 Å². The van der Waals surface area contributed by atoms with Gasteiger partial charge in [-0.15, -0.1) is 0 Å². The van der Waals surface area contributed by atoms with E-state index in [2.05, 4.69) is 22.5 Å². The molecule has 5 nitrogen and oxygen atoms in total. The molecule has 0 fully saturated rings. The van der Waals surface area contributed by atoms with E-state index in [0.29, 0.717) is 25.7 Å². The molecule has 146 valence electrons. The summed E-state index contributed by atoms with van der Waals surface area (Å²) in [7, 11) is 3.37. The molecule has 0 bridgehead atoms. The van der Waals surface area contributed by atoms with Gasteiger partial charge < -0.3 is 20.1 Å². The normalized spacial score (nSPS) is 11.2. The molecule has 2 aromatic carbocycles. The van der Waals surface area contributed by atoms with Crippen LogP contribution in [-0.2, 0) is 13.0 Å². The number of hydrogen-bond donors (Lipinski definition) is 2. The number of nitrogens with zero attached hydrogens (tertiary/aromatic N) is 1. The van der Waals surface area contributed by atoms with Crippen molar-refractivity contribution in [1.29, 1.82) is 0 Å². The first kappa shape index (κ1) is 20.6. The number of methoxy groups -OCH3 is 1. The summed E-state index contributed by atoms with van der Waals surface area (Å²) in [6.45, 7) is 4.05. The Morgan fingerprint density at radius 1 is 1.04 bits per heavy atom. The number of benzene rings is 2. The predicted octanol–water partition coefficient (Wildman–Crippen LogP) is 3.53. The molecule has 0 radical (unpaired) electrons. The Labute approximate surface area is 160 Å². The summed E-state index contributed by atoms with van der Waals surface area (Å²) in [6.07, 6.45) is 1.74. The van der Waals surface area contributed by atoms with Gasteiger partial charge in [0.2, 0.25) is 0 Å². The third kappa shape index (κ3) is 6.81. The molecule has 0 spiro atoms. The number of aliphatic imine (C=N–C) groups is 1. The minimum atomic E-state index is -0.217.